The predicted molar refractivity (Wildman–Crippen MR) is 160 cm³/mol. The van der Waals surface area contributed by atoms with Gasteiger partial charge in [-0.15, -0.1) is 11.3 Å². The highest BCUT2D eigenvalue weighted by Crippen LogP contribution is 2.49. The molecule has 0 bridgehead atoms. The number of carbonyl (C=O) groups excluding carboxylic acids is 2. The first-order valence-corrected chi connectivity index (χ1v) is 14.4. The van der Waals surface area contributed by atoms with Crippen LogP contribution in [0.15, 0.2) is 17.3 Å². The van der Waals surface area contributed by atoms with Gasteiger partial charge in [-0.05, 0) is 65.4 Å². The van der Waals surface area contributed by atoms with Gasteiger partial charge in [-0.25, -0.2) is 19.8 Å². The number of fused-ring (bicyclic) bond motifs is 1. The first kappa shape index (κ1) is 29.3. The van der Waals surface area contributed by atoms with Gasteiger partial charge in [0.15, 0.2) is 0 Å². The summed E-state index contributed by atoms with van der Waals surface area (Å²) in [7, 11) is 3.83. The zero-order valence-corrected chi connectivity index (χ0v) is 25.1. The minimum absolute atomic E-state index is 0.250. The van der Waals surface area contributed by atoms with Gasteiger partial charge in [0.05, 0.1) is 17.4 Å². The molecule has 1 atom stereocenters. The van der Waals surface area contributed by atoms with Crippen molar-refractivity contribution in [3.8, 4) is 11.8 Å². The largest absolute Gasteiger partial charge is 0.444 e. The lowest BCUT2D eigenvalue weighted by Gasteiger charge is -2.29. The zero-order valence-electron chi connectivity index (χ0n) is 24.3. The van der Waals surface area contributed by atoms with Crippen molar-refractivity contribution in [3.63, 3.8) is 0 Å². The fourth-order valence-corrected chi connectivity index (χ4v) is 6.12. The van der Waals surface area contributed by atoms with E-state index in [9.17, 15) is 9.59 Å². The smallest absolute Gasteiger partial charge is 0.410 e. The number of hydrogen-bond acceptors (Lipinski definition) is 9. The van der Waals surface area contributed by atoms with Gasteiger partial charge >= 0.3 is 6.09 Å². The number of ketones is 1. The third-order valence-electron chi connectivity index (χ3n) is 6.79. The Hall–Kier alpha value is -3.65. The molecule has 0 saturated carbocycles. The van der Waals surface area contributed by atoms with Crippen LogP contribution >= 0.6 is 11.3 Å². The molecule has 0 spiro atoms. The van der Waals surface area contributed by atoms with Crippen molar-refractivity contribution in [2.24, 2.45) is 4.99 Å². The number of nitrogens with zero attached hydrogens (tertiary/aromatic N) is 6. The molecule has 11 heteroatoms. The Bertz CT molecular complexity index is 1350. The molecule has 1 amide bonds. The third-order valence-corrected chi connectivity index (χ3v) is 7.97. The number of nitrogen functional groups attached to an aromatic ring is 1. The van der Waals surface area contributed by atoms with Crippen molar-refractivity contribution in [1.29, 1.82) is 0 Å². The molecule has 0 radical (unpaired) electrons. The Balaban J connectivity index is 1.49. The van der Waals surface area contributed by atoms with Crippen LogP contribution in [0.1, 0.15) is 67.9 Å². The van der Waals surface area contributed by atoms with Crippen molar-refractivity contribution in [1.82, 2.24) is 19.8 Å². The molecular formula is C29H39N7O3S. The molecule has 214 valence electrons. The lowest BCUT2D eigenvalue weighted by Crippen LogP contribution is -2.39. The number of aryl methyl sites for hydroxylation is 1. The number of hydrogen-bond donors (Lipinski definition) is 1. The standard InChI is InChI=1S/C29H39N7O3S/c1-28(2,3)39-27(38)36-16-8-15-35(17-18-36)26-31-14-11-20(33-26)21(37)10-13-29(4)12-7-9-22-23(29)24(30)25(40-22)32-19-34(5)6/h11,14,19H,7-9,12,15-18,30H2,1-6H3/b32-19+/t29-/m1/s1. The molecule has 10 nitrogen and oxygen atoms in total. The molecule has 1 aliphatic heterocycles. The average Bonchev–Trinajstić information content (AvgIpc) is 3.05. The maximum absolute atomic E-state index is 13.2. The van der Waals surface area contributed by atoms with E-state index in [1.807, 2.05) is 51.6 Å². The van der Waals surface area contributed by atoms with E-state index in [0.29, 0.717) is 37.8 Å². The summed E-state index contributed by atoms with van der Waals surface area (Å²) >= 11 is 1.60. The van der Waals surface area contributed by atoms with Crippen LogP contribution < -0.4 is 10.6 Å². The monoisotopic (exact) mass is 565 g/mol. The van der Waals surface area contributed by atoms with Gasteiger partial charge in [0.2, 0.25) is 5.95 Å². The average molecular weight is 566 g/mol. The van der Waals surface area contributed by atoms with Crippen LogP contribution in [0.3, 0.4) is 0 Å². The summed E-state index contributed by atoms with van der Waals surface area (Å²) in [6.45, 7) is 9.90. The van der Waals surface area contributed by atoms with Gasteiger partial charge < -0.3 is 25.2 Å². The fourth-order valence-electron chi connectivity index (χ4n) is 4.89. The Morgan fingerprint density at radius 2 is 2.00 bits per heavy atom. The van der Waals surface area contributed by atoms with Crippen LogP contribution in [-0.2, 0) is 16.6 Å². The minimum Gasteiger partial charge on any atom is -0.444 e. The number of aliphatic imine (C=N–C) groups is 1. The quantitative estimate of drug-likeness (QED) is 0.192. The highest BCUT2D eigenvalue weighted by molar-refractivity contribution is 7.16. The number of carbonyl (C=O) groups is 2. The Morgan fingerprint density at radius 1 is 1.23 bits per heavy atom. The molecular weight excluding hydrogens is 526 g/mol. The molecule has 0 aromatic carbocycles. The van der Waals surface area contributed by atoms with Crippen molar-refractivity contribution in [2.75, 3.05) is 50.9 Å². The van der Waals surface area contributed by atoms with Crippen LogP contribution in [0.25, 0.3) is 0 Å². The highest BCUT2D eigenvalue weighted by atomic mass is 32.1. The number of rotatable bonds is 4. The minimum atomic E-state index is -0.546. The number of anilines is 2. The second kappa shape index (κ2) is 11.8. The first-order chi connectivity index (χ1) is 18.9. The Kier molecular flexibility index (Phi) is 8.68. The van der Waals surface area contributed by atoms with E-state index in [1.165, 1.54) is 4.88 Å². The van der Waals surface area contributed by atoms with Crippen molar-refractivity contribution >= 4 is 46.2 Å². The van der Waals surface area contributed by atoms with E-state index in [1.54, 1.807) is 34.8 Å². The summed E-state index contributed by atoms with van der Waals surface area (Å²) in [6.07, 6.45) is 6.46. The summed E-state index contributed by atoms with van der Waals surface area (Å²) in [5, 5.41) is 0.781. The molecule has 40 heavy (non-hydrogen) atoms. The number of thiophene rings is 1. The molecule has 1 saturated heterocycles. The van der Waals surface area contributed by atoms with E-state index < -0.39 is 11.0 Å². The van der Waals surface area contributed by atoms with Gasteiger partial charge in [-0.3, -0.25) is 4.79 Å². The summed E-state index contributed by atoms with van der Waals surface area (Å²) in [6, 6.07) is 1.59. The number of nitrogens with two attached hydrogens (primary N) is 1. The number of amides is 1. The van der Waals surface area contributed by atoms with Crippen molar-refractivity contribution in [2.45, 2.75) is 64.4 Å². The predicted octanol–water partition coefficient (Wildman–Crippen LogP) is 4.27. The number of Topliss-reactive ketones (excluding diaryl/α,β-unsaturated/α-hetero) is 1. The molecule has 2 aliphatic rings. The highest BCUT2D eigenvalue weighted by Gasteiger charge is 2.36. The molecule has 4 rings (SSSR count). The fraction of sp³-hybridized carbons (Fsp3) is 0.552. The summed E-state index contributed by atoms with van der Waals surface area (Å²) < 4.78 is 5.52. The van der Waals surface area contributed by atoms with Gasteiger partial charge in [-0.2, -0.15) is 0 Å². The van der Waals surface area contributed by atoms with E-state index in [-0.39, 0.29) is 17.6 Å². The van der Waals surface area contributed by atoms with Gasteiger partial charge in [0, 0.05) is 56.9 Å². The zero-order chi connectivity index (χ0) is 29.1. The third kappa shape index (κ3) is 6.91. The van der Waals surface area contributed by atoms with E-state index >= 15 is 0 Å². The molecule has 3 heterocycles. The van der Waals surface area contributed by atoms with E-state index in [4.69, 9.17) is 10.5 Å². The SMILES string of the molecule is CN(C)/C=N/c1sc2c(c1N)[C@@](C)(C#CC(=O)c1ccnc(N3CCCN(C(=O)OC(C)(C)C)CC3)n1)CCC2. The van der Waals surface area contributed by atoms with Crippen molar-refractivity contribution < 1.29 is 14.3 Å². The van der Waals surface area contributed by atoms with E-state index in [0.717, 1.165) is 36.2 Å². The maximum atomic E-state index is 13.2. The topological polar surface area (TPSA) is 117 Å². The number of ether oxygens (including phenoxy) is 1. The van der Waals surface area contributed by atoms with Crippen LogP contribution in [0.4, 0.5) is 21.4 Å². The molecule has 1 aliphatic carbocycles. The van der Waals surface area contributed by atoms with Crippen LogP contribution in [0, 0.1) is 11.8 Å². The lowest BCUT2D eigenvalue weighted by atomic mass is 9.74. The van der Waals surface area contributed by atoms with E-state index in [2.05, 4.69) is 26.8 Å². The Labute approximate surface area is 240 Å². The first-order valence-electron chi connectivity index (χ1n) is 13.6. The normalized spacial score (nSPS) is 19.4. The van der Waals surface area contributed by atoms with Crippen LogP contribution in [0.2, 0.25) is 0 Å². The molecule has 2 aromatic heterocycles. The second-order valence-electron chi connectivity index (χ2n) is 11.6. The molecule has 0 unspecified atom stereocenters. The molecule has 2 aromatic rings. The summed E-state index contributed by atoms with van der Waals surface area (Å²) in [4.78, 5) is 45.9. The molecule has 2 N–H and O–H groups in total. The van der Waals surface area contributed by atoms with Gasteiger partial charge in [0.1, 0.15) is 16.3 Å². The second-order valence-corrected chi connectivity index (χ2v) is 12.7. The lowest BCUT2D eigenvalue weighted by molar-refractivity contribution is 0.0263. The maximum Gasteiger partial charge on any atom is 0.410 e. The van der Waals surface area contributed by atoms with Gasteiger partial charge in [-0.1, -0.05) is 5.92 Å². The Morgan fingerprint density at radius 3 is 2.73 bits per heavy atom. The van der Waals surface area contributed by atoms with Gasteiger partial charge in [0.25, 0.3) is 5.78 Å². The van der Waals surface area contributed by atoms with Crippen LogP contribution in [0.5, 0.6) is 0 Å². The van der Waals surface area contributed by atoms with Crippen LogP contribution in [-0.4, -0.2) is 83.9 Å². The summed E-state index contributed by atoms with van der Waals surface area (Å²) in [5.41, 5.74) is 7.35. The summed E-state index contributed by atoms with van der Waals surface area (Å²) in [5.74, 6) is 6.20. The molecule has 1 fully saturated rings. The van der Waals surface area contributed by atoms with Crippen molar-refractivity contribution in [3.05, 3.63) is 28.4 Å². The number of aromatic nitrogens is 2.